The van der Waals surface area contributed by atoms with Crippen molar-refractivity contribution >= 4 is 11.1 Å². The van der Waals surface area contributed by atoms with Crippen molar-refractivity contribution in [2.75, 3.05) is 7.11 Å². The summed E-state index contributed by atoms with van der Waals surface area (Å²) < 4.78 is 12.6. The first kappa shape index (κ1) is 32.6. The van der Waals surface area contributed by atoms with Crippen molar-refractivity contribution in [2.45, 2.75) is 60.8 Å². The molecular formula is C42H48O2. The second-order valence-electron chi connectivity index (χ2n) is 11.8. The van der Waals surface area contributed by atoms with Crippen LogP contribution in [0.15, 0.2) is 132 Å². The summed E-state index contributed by atoms with van der Waals surface area (Å²) in [5.41, 5.74) is 10.7. The zero-order valence-electron chi connectivity index (χ0n) is 27.6. The summed E-state index contributed by atoms with van der Waals surface area (Å²) >= 11 is 0. The van der Waals surface area contributed by atoms with E-state index < -0.39 is 0 Å². The molecule has 0 bridgehead atoms. The van der Waals surface area contributed by atoms with Gasteiger partial charge in [0.2, 0.25) is 0 Å². The molecule has 0 amide bonds. The van der Waals surface area contributed by atoms with E-state index in [2.05, 4.69) is 133 Å². The van der Waals surface area contributed by atoms with E-state index in [1.54, 1.807) is 7.11 Å². The Morgan fingerprint density at radius 3 is 2.23 bits per heavy atom. The highest BCUT2D eigenvalue weighted by atomic mass is 16.5. The van der Waals surface area contributed by atoms with Gasteiger partial charge in [-0.05, 0) is 91.7 Å². The van der Waals surface area contributed by atoms with Gasteiger partial charge in [-0.2, -0.15) is 0 Å². The minimum atomic E-state index is 0.117. The van der Waals surface area contributed by atoms with Crippen LogP contribution >= 0.6 is 0 Å². The molecule has 0 saturated carbocycles. The van der Waals surface area contributed by atoms with Crippen molar-refractivity contribution in [1.29, 1.82) is 0 Å². The Labute approximate surface area is 265 Å². The van der Waals surface area contributed by atoms with Crippen LogP contribution in [0, 0.1) is 11.8 Å². The molecule has 4 rings (SSSR count). The molecule has 0 N–H and O–H groups in total. The molecule has 0 saturated heterocycles. The highest BCUT2D eigenvalue weighted by Crippen LogP contribution is 2.46. The molecule has 1 aliphatic carbocycles. The quantitative estimate of drug-likeness (QED) is 0.156. The number of para-hydroxylation sites is 2. The van der Waals surface area contributed by atoms with E-state index in [9.17, 15) is 0 Å². The highest BCUT2D eigenvalue weighted by Gasteiger charge is 2.27. The third-order valence-electron chi connectivity index (χ3n) is 8.54. The fraction of sp³-hybridized carbons (Fsp3) is 0.286. The van der Waals surface area contributed by atoms with Crippen molar-refractivity contribution in [3.05, 3.63) is 143 Å². The van der Waals surface area contributed by atoms with Crippen LogP contribution in [-0.4, -0.2) is 7.11 Å². The highest BCUT2D eigenvalue weighted by molar-refractivity contribution is 6.00. The largest absolute Gasteiger partial charge is 0.496 e. The molecule has 2 nitrogen and oxygen atoms in total. The Kier molecular flexibility index (Phi) is 11.4. The molecule has 44 heavy (non-hydrogen) atoms. The van der Waals surface area contributed by atoms with Crippen molar-refractivity contribution < 1.29 is 9.47 Å². The molecule has 3 aromatic rings. The summed E-state index contributed by atoms with van der Waals surface area (Å²) in [6.45, 7) is 17.4. The minimum absolute atomic E-state index is 0.117. The second kappa shape index (κ2) is 15.4. The van der Waals surface area contributed by atoms with Gasteiger partial charge < -0.3 is 9.47 Å². The van der Waals surface area contributed by atoms with Gasteiger partial charge in [0.25, 0.3) is 0 Å². The molecule has 228 valence electrons. The maximum Gasteiger partial charge on any atom is 0.134 e. The number of ether oxygens (including phenoxy) is 2. The molecule has 0 spiro atoms. The van der Waals surface area contributed by atoms with Crippen LogP contribution in [-0.2, 0) is 0 Å². The topological polar surface area (TPSA) is 18.5 Å². The number of allylic oxidation sites excluding steroid dienone is 11. The van der Waals surface area contributed by atoms with Gasteiger partial charge in [-0.25, -0.2) is 0 Å². The van der Waals surface area contributed by atoms with Crippen molar-refractivity contribution in [3.8, 4) is 22.6 Å². The van der Waals surface area contributed by atoms with Gasteiger partial charge >= 0.3 is 0 Å². The molecule has 3 aromatic carbocycles. The van der Waals surface area contributed by atoms with E-state index in [1.807, 2.05) is 18.2 Å². The van der Waals surface area contributed by atoms with E-state index in [-0.39, 0.29) is 5.92 Å². The van der Waals surface area contributed by atoms with Crippen LogP contribution in [0.25, 0.3) is 22.3 Å². The molecule has 0 radical (unpaired) electrons. The Hall–Kier alpha value is -4.30. The SMILES string of the molecule is C=C/C(=C\C=C(C)C)C1CC=CC(c2cccc(-c3ccccc3OC)c2)=C1c1ccccc1O/C(=C(\C)CC)C(C)CC. The molecule has 2 unspecified atom stereocenters. The normalized spacial score (nSPS) is 16.2. The zero-order valence-corrected chi connectivity index (χ0v) is 27.6. The lowest BCUT2D eigenvalue weighted by molar-refractivity contribution is 0.343. The summed E-state index contributed by atoms with van der Waals surface area (Å²) in [6, 6.07) is 25.5. The van der Waals surface area contributed by atoms with Crippen LogP contribution in [0.2, 0.25) is 0 Å². The lowest BCUT2D eigenvalue weighted by Crippen LogP contribution is -2.13. The van der Waals surface area contributed by atoms with Crippen molar-refractivity contribution in [2.24, 2.45) is 11.8 Å². The number of hydrogen-bond donors (Lipinski definition) is 0. The van der Waals surface area contributed by atoms with Gasteiger partial charge in [0.1, 0.15) is 17.3 Å². The number of benzene rings is 3. The van der Waals surface area contributed by atoms with Crippen LogP contribution in [0.5, 0.6) is 11.5 Å². The number of methoxy groups -OCH3 is 1. The molecule has 0 fully saturated rings. The van der Waals surface area contributed by atoms with Gasteiger partial charge in [-0.1, -0.05) is 118 Å². The Bertz CT molecular complexity index is 1620. The molecule has 2 atom stereocenters. The zero-order chi connectivity index (χ0) is 31.6. The molecular weight excluding hydrogens is 536 g/mol. The van der Waals surface area contributed by atoms with E-state index in [1.165, 1.54) is 27.9 Å². The lowest BCUT2D eigenvalue weighted by Gasteiger charge is -2.29. The third kappa shape index (κ3) is 7.42. The van der Waals surface area contributed by atoms with E-state index in [4.69, 9.17) is 9.47 Å². The monoisotopic (exact) mass is 584 g/mol. The fourth-order valence-corrected chi connectivity index (χ4v) is 5.80. The summed E-state index contributed by atoms with van der Waals surface area (Å²) in [5, 5.41) is 0. The van der Waals surface area contributed by atoms with E-state index >= 15 is 0 Å². The molecule has 2 heteroatoms. The smallest absolute Gasteiger partial charge is 0.134 e. The first-order valence-electron chi connectivity index (χ1n) is 15.9. The van der Waals surface area contributed by atoms with Crippen LogP contribution in [0.1, 0.15) is 71.9 Å². The number of hydrogen-bond acceptors (Lipinski definition) is 2. The molecule has 1 aliphatic rings. The van der Waals surface area contributed by atoms with E-state index in [0.717, 1.165) is 58.8 Å². The maximum atomic E-state index is 6.92. The lowest BCUT2D eigenvalue weighted by atomic mass is 9.76. The Morgan fingerprint density at radius 1 is 0.886 bits per heavy atom. The third-order valence-corrected chi connectivity index (χ3v) is 8.54. The van der Waals surface area contributed by atoms with E-state index in [0.29, 0.717) is 5.92 Å². The predicted molar refractivity (Wildman–Crippen MR) is 190 cm³/mol. The molecule has 0 heterocycles. The molecule has 0 aromatic heterocycles. The summed E-state index contributed by atoms with van der Waals surface area (Å²) in [7, 11) is 1.73. The summed E-state index contributed by atoms with van der Waals surface area (Å²) in [4.78, 5) is 0. The average molecular weight is 585 g/mol. The van der Waals surface area contributed by atoms with Gasteiger partial charge in [-0.3, -0.25) is 0 Å². The summed E-state index contributed by atoms with van der Waals surface area (Å²) in [5.74, 6) is 3.29. The Balaban J connectivity index is 2.00. The van der Waals surface area contributed by atoms with Crippen molar-refractivity contribution in [3.63, 3.8) is 0 Å². The molecule has 0 aliphatic heterocycles. The van der Waals surface area contributed by atoms with Gasteiger partial charge in [-0.15, -0.1) is 0 Å². The van der Waals surface area contributed by atoms with Crippen LogP contribution in [0.4, 0.5) is 0 Å². The standard InChI is InChI=1S/C42H48O2/c1-9-30(6)42(31(7)10-2)44-40-25-15-13-21-38(40)41-36(32(11-3)27-26-29(4)5)22-17-23-37(41)34-19-16-18-33(28-34)35-20-12-14-24-39(35)43-8/h11-21,23-28,30,36H,3,9-10,22H2,1-2,4-8H3/b32-27+,42-31+. The maximum absolute atomic E-state index is 6.92. The fourth-order valence-electron chi connectivity index (χ4n) is 5.80. The minimum Gasteiger partial charge on any atom is -0.496 e. The van der Waals surface area contributed by atoms with Gasteiger partial charge in [0, 0.05) is 23.0 Å². The van der Waals surface area contributed by atoms with Gasteiger partial charge in [0.05, 0.1) is 7.11 Å². The van der Waals surface area contributed by atoms with Gasteiger partial charge in [0.15, 0.2) is 0 Å². The number of rotatable bonds is 12. The van der Waals surface area contributed by atoms with Crippen molar-refractivity contribution in [1.82, 2.24) is 0 Å². The summed E-state index contributed by atoms with van der Waals surface area (Å²) in [6.07, 6.45) is 13.9. The van der Waals surface area contributed by atoms with Crippen LogP contribution in [0.3, 0.4) is 0 Å². The average Bonchev–Trinajstić information content (AvgIpc) is 3.06. The first-order valence-corrected chi connectivity index (χ1v) is 15.9. The predicted octanol–water partition coefficient (Wildman–Crippen LogP) is 12.0. The second-order valence-corrected chi connectivity index (χ2v) is 11.8. The first-order chi connectivity index (χ1) is 21.3. The Morgan fingerprint density at radius 2 is 1.57 bits per heavy atom. The van der Waals surface area contributed by atoms with Crippen LogP contribution < -0.4 is 9.47 Å².